The second kappa shape index (κ2) is 6.04. The molecule has 0 heterocycles. The van der Waals surface area contributed by atoms with Gasteiger partial charge in [-0.1, -0.05) is 19.1 Å². The summed E-state index contributed by atoms with van der Waals surface area (Å²) in [6.45, 7) is 3.02. The molecular formula is C12H16N2. The van der Waals surface area contributed by atoms with E-state index in [1.807, 2.05) is 0 Å². The van der Waals surface area contributed by atoms with Crippen LogP contribution < -0.4 is 5.32 Å². The van der Waals surface area contributed by atoms with Crippen LogP contribution in [-0.4, -0.2) is 6.54 Å². The first-order valence-corrected chi connectivity index (χ1v) is 5.06. The summed E-state index contributed by atoms with van der Waals surface area (Å²) in [5.74, 6) is 0. The predicted octanol–water partition coefficient (Wildman–Crippen LogP) is 2.96. The number of rotatable bonds is 5. The minimum atomic E-state index is 0.625. The molecular weight excluding hydrogens is 172 g/mol. The molecule has 0 aliphatic carbocycles. The lowest BCUT2D eigenvalue weighted by molar-refractivity contribution is 0.897. The lowest BCUT2D eigenvalue weighted by Crippen LogP contribution is -2.00. The third-order valence-corrected chi connectivity index (χ3v) is 2.16. The first-order chi connectivity index (χ1) is 6.86. The van der Waals surface area contributed by atoms with Crippen LogP contribution >= 0.6 is 0 Å². The van der Waals surface area contributed by atoms with Gasteiger partial charge in [-0.05, 0) is 30.5 Å². The Labute approximate surface area is 85.6 Å². The maximum absolute atomic E-state index is 8.35. The van der Waals surface area contributed by atoms with Crippen molar-refractivity contribution in [2.24, 2.45) is 0 Å². The summed E-state index contributed by atoms with van der Waals surface area (Å²) in [5.41, 5.74) is 2.49. The largest absolute Gasteiger partial charge is 0.385 e. The summed E-state index contributed by atoms with van der Waals surface area (Å²) in [7, 11) is 0. The fourth-order valence-corrected chi connectivity index (χ4v) is 1.26. The number of hydrogen-bond acceptors (Lipinski definition) is 2. The molecule has 1 rings (SSSR count). The third-order valence-electron chi connectivity index (χ3n) is 2.16. The van der Waals surface area contributed by atoms with Gasteiger partial charge in [-0.15, -0.1) is 0 Å². The molecule has 0 saturated heterocycles. The van der Waals surface area contributed by atoms with E-state index in [0.717, 1.165) is 25.1 Å². The van der Waals surface area contributed by atoms with Crippen LogP contribution in [0.2, 0.25) is 0 Å². The van der Waals surface area contributed by atoms with Crippen LogP contribution in [0.4, 0.5) is 5.69 Å². The highest BCUT2D eigenvalue weighted by Crippen LogP contribution is 2.09. The van der Waals surface area contributed by atoms with Crippen molar-refractivity contribution < 1.29 is 0 Å². The second-order valence-electron chi connectivity index (χ2n) is 3.24. The van der Waals surface area contributed by atoms with Crippen LogP contribution in [0.15, 0.2) is 24.3 Å². The molecule has 14 heavy (non-hydrogen) atoms. The molecule has 0 aromatic heterocycles. The number of hydrogen-bond donors (Lipinski definition) is 1. The topological polar surface area (TPSA) is 35.8 Å². The molecule has 0 unspecified atom stereocenters. The molecule has 0 spiro atoms. The van der Waals surface area contributed by atoms with Crippen LogP contribution in [0.25, 0.3) is 0 Å². The Morgan fingerprint density at radius 3 is 2.57 bits per heavy atom. The van der Waals surface area contributed by atoms with E-state index in [1.54, 1.807) is 0 Å². The molecule has 0 bridgehead atoms. The molecule has 0 aliphatic rings. The van der Waals surface area contributed by atoms with Gasteiger partial charge in [0, 0.05) is 18.7 Å². The number of anilines is 1. The number of unbranched alkanes of at least 4 members (excludes halogenated alkanes) is 1. The van der Waals surface area contributed by atoms with Crippen LogP contribution in [0, 0.1) is 11.3 Å². The van der Waals surface area contributed by atoms with Gasteiger partial charge in [0.2, 0.25) is 0 Å². The van der Waals surface area contributed by atoms with Gasteiger partial charge >= 0.3 is 0 Å². The minimum absolute atomic E-state index is 0.625. The van der Waals surface area contributed by atoms with E-state index < -0.39 is 0 Å². The van der Waals surface area contributed by atoms with E-state index in [0.29, 0.717) is 6.42 Å². The first-order valence-electron chi connectivity index (χ1n) is 5.06. The van der Waals surface area contributed by atoms with Crippen molar-refractivity contribution in [1.82, 2.24) is 0 Å². The predicted molar refractivity (Wildman–Crippen MR) is 59.2 cm³/mol. The van der Waals surface area contributed by atoms with Crippen molar-refractivity contribution in [2.45, 2.75) is 26.2 Å². The van der Waals surface area contributed by atoms with Gasteiger partial charge in [0.25, 0.3) is 0 Å². The first kappa shape index (κ1) is 10.6. The normalized spacial score (nSPS) is 9.43. The molecule has 74 valence electrons. The number of aryl methyl sites for hydroxylation is 1. The molecule has 0 radical (unpaired) electrons. The fourth-order valence-electron chi connectivity index (χ4n) is 1.26. The van der Waals surface area contributed by atoms with Crippen LogP contribution in [0.1, 0.15) is 25.3 Å². The van der Waals surface area contributed by atoms with Crippen molar-refractivity contribution in [3.8, 4) is 6.07 Å². The third kappa shape index (κ3) is 3.49. The van der Waals surface area contributed by atoms with Crippen molar-refractivity contribution in [1.29, 1.82) is 5.26 Å². The summed E-state index contributed by atoms with van der Waals surface area (Å²) < 4.78 is 0. The van der Waals surface area contributed by atoms with Gasteiger partial charge < -0.3 is 5.32 Å². The minimum Gasteiger partial charge on any atom is -0.385 e. The maximum atomic E-state index is 8.35. The Hall–Kier alpha value is -1.49. The van der Waals surface area contributed by atoms with Crippen molar-refractivity contribution in [3.63, 3.8) is 0 Å². The molecule has 1 aromatic carbocycles. The zero-order chi connectivity index (χ0) is 10.2. The van der Waals surface area contributed by atoms with E-state index in [1.165, 1.54) is 5.56 Å². The molecule has 2 heteroatoms. The Bertz CT molecular complexity index is 295. The second-order valence-corrected chi connectivity index (χ2v) is 3.24. The number of nitriles is 1. The average Bonchev–Trinajstić information content (AvgIpc) is 2.25. The summed E-state index contributed by atoms with van der Waals surface area (Å²) in [6, 6.07) is 10.6. The fraction of sp³-hybridized carbons (Fsp3) is 0.417. The molecule has 0 fully saturated rings. The van der Waals surface area contributed by atoms with E-state index in [4.69, 9.17) is 5.26 Å². The van der Waals surface area contributed by atoms with Gasteiger partial charge in [-0.25, -0.2) is 0 Å². The highest BCUT2D eigenvalue weighted by molar-refractivity contribution is 5.44. The quantitative estimate of drug-likeness (QED) is 0.721. The monoisotopic (exact) mass is 188 g/mol. The van der Waals surface area contributed by atoms with Gasteiger partial charge in [-0.2, -0.15) is 5.26 Å². The number of nitrogens with one attached hydrogen (secondary N) is 1. The van der Waals surface area contributed by atoms with Crippen LogP contribution in [-0.2, 0) is 6.42 Å². The summed E-state index contributed by atoms with van der Waals surface area (Å²) >= 11 is 0. The molecule has 0 saturated carbocycles. The van der Waals surface area contributed by atoms with Gasteiger partial charge in [0.15, 0.2) is 0 Å². The molecule has 1 N–H and O–H groups in total. The highest BCUT2D eigenvalue weighted by atomic mass is 14.9. The Kier molecular flexibility index (Phi) is 4.57. The van der Waals surface area contributed by atoms with E-state index in [-0.39, 0.29) is 0 Å². The van der Waals surface area contributed by atoms with Crippen molar-refractivity contribution in [2.75, 3.05) is 11.9 Å². The lowest BCUT2D eigenvalue weighted by atomic mass is 10.1. The van der Waals surface area contributed by atoms with E-state index in [9.17, 15) is 0 Å². The molecule has 0 aliphatic heterocycles. The van der Waals surface area contributed by atoms with Gasteiger partial charge in [0.05, 0.1) is 6.07 Å². The maximum Gasteiger partial charge on any atom is 0.0622 e. The molecule has 0 atom stereocenters. The standard InChI is InChI=1S/C12H16N2/c1-2-11-5-7-12(8-6-11)14-10-4-3-9-13/h5-8,14H,2-4,10H2,1H3. The number of benzene rings is 1. The lowest BCUT2D eigenvalue weighted by Gasteiger charge is -2.05. The van der Waals surface area contributed by atoms with Crippen molar-refractivity contribution >= 4 is 5.69 Å². The Morgan fingerprint density at radius 1 is 1.29 bits per heavy atom. The van der Waals surface area contributed by atoms with Crippen molar-refractivity contribution in [3.05, 3.63) is 29.8 Å². The average molecular weight is 188 g/mol. The molecule has 1 aromatic rings. The summed E-state index contributed by atoms with van der Waals surface area (Å²) in [6.07, 6.45) is 2.61. The van der Waals surface area contributed by atoms with Gasteiger partial charge in [-0.3, -0.25) is 0 Å². The molecule has 2 nitrogen and oxygen atoms in total. The number of nitrogens with zero attached hydrogens (tertiary/aromatic N) is 1. The van der Waals surface area contributed by atoms with Gasteiger partial charge in [0.1, 0.15) is 0 Å². The Balaban J connectivity index is 2.33. The highest BCUT2D eigenvalue weighted by Gasteiger charge is 1.92. The summed E-state index contributed by atoms with van der Waals surface area (Å²) in [5, 5.41) is 11.6. The van der Waals surface area contributed by atoms with Crippen LogP contribution in [0.5, 0.6) is 0 Å². The molecule has 0 amide bonds. The Morgan fingerprint density at radius 2 is 2.00 bits per heavy atom. The summed E-state index contributed by atoms with van der Waals surface area (Å²) in [4.78, 5) is 0. The zero-order valence-electron chi connectivity index (χ0n) is 8.59. The van der Waals surface area contributed by atoms with E-state index in [2.05, 4.69) is 42.6 Å². The van der Waals surface area contributed by atoms with Crippen LogP contribution in [0.3, 0.4) is 0 Å². The van der Waals surface area contributed by atoms with E-state index >= 15 is 0 Å². The smallest absolute Gasteiger partial charge is 0.0622 e. The SMILES string of the molecule is CCc1ccc(NCCCC#N)cc1. The zero-order valence-corrected chi connectivity index (χ0v) is 8.59.